The van der Waals surface area contributed by atoms with E-state index in [1.54, 1.807) is 0 Å². The molecule has 18 heavy (non-hydrogen) atoms. The summed E-state index contributed by atoms with van der Waals surface area (Å²) in [7, 11) is 0. The molecule has 4 heteroatoms. The maximum atomic E-state index is 9.65. The van der Waals surface area contributed by atoms with Gasteiger partial charge >= 0.3 is 0 Å². The molecule has 1 aromatic rings. The van der Waals surface area contributed by atoms with Gasteiger partial charge in [0.1, 0.15) is 0 Å². The van der Waals surface area contributed by atoms with Gasteiger partial charge in [0.2, 0.25) is 0 Å². The molecule has 1 aliphatic rings. The quantitative estimate of drug-likeness (QED) is 0.900. The minimum atomic E-state index is -0.189. The van der Waals surface area contributed by atoms with Crippen molar-refractivity contribution in [3.8, 4) is 0 Å². The molecule has 0 radical (unpaired) electrons. The summed E-state index contributed by atoms with van der Waals surface area (Å²) in [6, 6.07) is 2.77. The summed E-state index contributed by atoms with van der Waals surface area (Å²) in [5, 5.41) is 11.8. The second kappa shape index (κ2) is 7.04. The van der Waals surface area contributed by atoms with Crippen molar-refractivity contribution in [3.05, 3.63) is 20.8 Å². The molecular formula is C14H22BrNOS. The van der Waals surface area contributed by atoms with Gasteiger partial charge in [-0.15, -0.1) is 11.3 Å². The molecule has 2 atom stereocenters. The number of nitrogens with zero attached hydrogens (tertiary/aromatic N) is 1. The van der Waals surface area contributed by atoms with Gasteiger partial charge < -0.3 is 5.11 Å². The van der Waals surface area contributed by atoms with E-state index in [4.69, 9.17) is 0 Å². The maximum absolute atomic E-state index is 9.65. The smallest absolute Gasteiger partial charge is 0.0527 e. The summed E-state index contributed by atoms with van der Waals surface area (Å²) in [5.74, 6) is 0. The normalized spacial score (nSPS) is 23.8. The Hall–Kier alpha value is 0.1000. The van der Waals surface area contributed by atoms with Crippen LogP contribution < -0.4 is 0 Å². The van der Waals surface area contributed by atoms with Gasteiger partial charge in [0.25, 0.3) is 0 Å². The lowest BCUT2D eigenvalue weighted by molar-refractivity contribution is 0.109. The Morgan fingerprint density at radius 1 is 1.50 bits per heavy atom. The Kier molecular flexibility index (Phi) is 5.67. The number of hydrogen-bond acceptors (Lipinski definition) is 3. The molecule has 0 aliphatic carbocycles. The molecular weight excluding hydrogens is 310 g/mol. The highest BCUT2D eigenvalue weighted by Gasteiger charge is 2.22. The Morgan fingerprint density at radius 3 is 3.00 bits per heavy atom. The summed E-state index contributed by atoms with van der Waals surface area (Å²) in [6.45, 7) is 4.12. The van der Waals surface area contributed by atoms with Gasteiger partial charge in [0.05, 0.1) is 6.10 Å². The first-order chi connectivity index (χ1) is 8.65. The van der Waals surface area contributed by atoms with Crippen molar-refractivity contribution in [2.45, 2.75) is 57.7 Å². The number of halogens is 1. The fraction of sp³-hybridized carbons (Fsp3) is 0.714. The van der Waals surface area contributed by atoms with Crippen LogP contribution in [-0.4, -0.2) is 28.7 Å². The van der Waals surface area contributed by atoms with Crippen LogP contribution in [0.25, 0.3) is 0 Å². The molecule has 0 aromatic carbocycles. The molecule has 1 saturated heterocycles. The summed E-state index contributed by atoms with van der Waals surface area (Å²) in [6.07, 6.45) is 5.89. The molecule has 2 rings (SSSR count). The topological polar surface area (TPSA) is 23.5 Å². The van der Waals surface area contributed by atoms with Crippen LogP contribution in [0.5, 0.6) is 0 Å². The van der Waals surface area contributed by atoms with Crippen LogP contribution in [0.4, 0.5) is 0 Å². The third-order valence-electron chi connectivity index (χ3n) is 3.59. The molecule has 1 fully saturated rings. The zero-order valence-corrected chi connectivity index (χ0v) is 13.3. The lowest BCUT2D eigenvalue weighted by Crippen LogP contribution is -2.36. The van der Waals surface area contributed by atoms with Gasteiger partial charge in [-0.25, -0.2) is 0 Å². The summed E-state index contributed by atoms with van der Waals surface area (Å²) in [5.41, 5.74) is 0. The van der Waals surface area contributed by atoms with E-state index in [2.05, 4.69) is 32.3 Å². The van der Waals surface area contributed by atoms with Gasteiger partial charge in [-0.2, -0.15) is 0 Å². The average molecular weight is 332 g/mol. The zero-order valence-electron chi connectivity index (χ0n) is 10.9. The second-order valence-electron chi connectivity index (χ2n) is 5.29. The molecule has 2 nitrogen and oxygen atoms in total. The van der Waals surface area contributed by atoms with Gasteiger partial charge in [0.15, 0.2) is 0 Å². The highest BCUT2D eigenvalue weighted by Crippen LogP contribution is 2.26. The van der Waals surface area contributed by atoms with Crippen LogP contribution in [0.15, 0.2) is 15.9 Å². The predicted molar refractivity (Wildman–Crippen MR) is 81.0 cm³/mol. The lowest BCUT2D eigenvalue weighted by Gasteiger charge is -2.30. The highest BCUT2D eigenvalue weighted by molar-refractivity contribution is 9.10. The van der Waals surface area contributed by atoms with Crippen LogP contribution in [0.1, 0.15) is 43.9 Å². The number of aliphatic hydroxyl groups is 1. The Morgan fingerprint density at radius 2 is 2.33 bits per heavy atom. The third kappa shape index (κ3) is 4.34. The van der Waals surface area contributed by atoms with Crippen molar-refractivity contribution in [2.24, 2.45) is 0 Å². The van der Waals surface area contributed by atoms with Gasteiger partial charge in [-0.1, -0.05) is 12.8 Å². The number of thiophene rings is 1. The van der Waals surface area contributed by atoms with Crippen molar-refractivity contribution in [3.63, 3.8) is 0 Å². The number of likely N-dealkylation sites (tertiary alicyclic amines) is 1. The molecule has 0 amide bonds. The van der Waals surface area contributed by atoms with E-state index in [0.29, 0.717) is 6.04 Å². The summed E-state index contributed by atoms with van der Waals surface area (Å²) in [4.78, 5) is 3.98. The molecule has 2 heterocycles. The average Bonchev–Trinajstić information content (AvgIpc) is 2.58. The van der Waals surface area contributed by atoms with E-state index < -0.39 is 0 Å². The largest absolute Gasteiger partial charge is 0.393 e. The first kappa shape index (κ1) is 14.5. The Labute approximate surface area is 122 Å². The molecule has 2 unspecified atom stereocenters. The number of aliphatic hydroxyl groups excluding tert-OH is 1. The van der Waals surface area contributed by atoms with E-state index in [9.17, 15) is 5.11 Å². The van der Waals surface area contributed by atoms with Crippen LogP contribution in [0, 0.1) is 0 Å². The fourth-order valence-electron chi connectivity index (χ4n) is 2.74. The Balaban J connectivity index is 2.00. The predicted octanol–water partition coefficient (Wildman–Crippen LogP) is 4.03. The summed E-state index contributed by atoms with van der Waals surface area (Å²) < 4.78 is 1.18. The van der Waals surface area contributed by atoms with Gasteiger partial charge in [-0.3, -0.25) is 4.90 Å². The second-order valence-corrected chi connectivity index (χ2v) is 7.20. The van der Waals surface area contributed by atoms with Crippen molar-refractivity contribution in [1.29, 1.82) is 0 Å². The minimum Gasteiger partial charge on any atom is -0.393 e. The molecule has 0 saturated carbocycles. The molecule has 102 valence electrons. The van der Waals surface area contributed by atoms with Crippen molar-refractivity contribution < 1.29 is 5.11 Å². The van der Waals surface area contributed by atoms with Crippen molar-refractivity contribution in [1.82, 2.24) is 4.90 Å². The van der Waals surface area contributed by atoms with Gasteiger partial charge in [-0.05, 0) is 54.7 Å². The van der Waals surface area contributed by atoms with E-state index in [1.807, 2.05) is 18.3 Å². The van der Waals surface area contributed by atoms with E-state index in [0.717, 1.165) is 13.0 Å². The number of rotatable bonds is 4. The van der Waals surface area contributed by atoms with Crippen LogP contribution >= 0.6 is 27.3 Å². The van der Waals surface area contributed by atoms with Crippen LogP contribution in [-0.2, 0) is 6.54 Å². The molecule has 0 bridgehead atoms. The van der Waals surface area contributed by atoms with E-state index in [-0.39, 0.29) is 6.10 Å². The molecule has 0 spiro atoms. The Bertz CT molecular complexity index is 366. The molecule has 1 aliphatic heterocycles. The van der Waals surface area contributed by atoms with E-state index in [1.165, 1.54) is 41.6 Å². The highest BCUT2D eigenvalue weighted by atomic mass is 79.9. The first-order valence-corrected chi connectivity index (χ1v) is 8.47. The maximum Gasteiger partial charge on any atom is 0.0527 e. The minimum absolute atomic E-state index is 0.189. The van der Waals surface area contributed by atoms with Crippen molar-refractivity contribution in [2.75, 3.05) is 6.54 Å². The van der Waals surface area contributed by atoms with E-state index >= 15 is 0 Å². The lowest BCUT2D eigenvalue weighted by atomic mass is 10.0. The fourth-order valence-corrected chi connectivity index (χ4v) is 4.22. The van der Waals surface area contributed by atoms with Gasteiger partial charge in [0, 0.05) is 27.3 Å². The zero-order chi connectivity index (χ0) is 13.0. The van der Waals surface area contributed by atoms with Crippen LogP contribution in [0.3, 0.4) is 0 Å². The van der Waals surface area contributed by atoms with Crippen molar-refractivity contribution >= 4 is 27.3 Å². The molecule has 1 N–H and O–H groups in total. The summed E-state index contributed by atoms with van der Waals surface area (Å²) >= 11 is 5.34. The SMILES string of the molecule is CC(O)CC1CCCCCN1Cc1cc(Br)cs1. The third-order valence-corrected chi connectivity index (χ3v) is 5.28. The first-order valence-electron chi connectivity index (χ1n) is 6.80. The van der Waals surface area contributed by atoms with Crippen LogP contribution in [0.2, 0.25) is 0 Å². The molecule has 1 aromatic heterocycles. The number of hydrogen-bond donors (Lipinski definition) is 1. The standard InChI is InChI=1S/C14H22BrNOS/c1-11(17)7-13-5-3-2-4-6-16(13)9-14-8-12(15)10-18-14/h8,10-11,13,17H,2-7,9H2,1H3. The monoisotopic (exact) mass is 331 g/mol.